The van der Waals surface area contributed by atoms with Gasteiger partial charge >= 0.3 is 5.97 Å². The van der Waals surface area contributed by atoms with Gasteiger partial charge in [-0.1, -0.05) is 18.2 Å². The molecular formula is C20H18N4O3S. The molecule has 3 aromatic rings. The molecule has 1 heterocycles. The molecule has 0 atom stereocenters. The molecule has 142 valence electrons. The SMILES string of the molecule is Cc1nc(C)c(C(=O)OCC(=O)Nc2ccc(N=Nc3ccccc3)cc2)s1. The highest BCUT2D eigenvalue weighted by Crippen LogP contribution is 2.20. The largest absolute Gasteiger partial charge is 0.451 e. The van der Waals surface area contributed by atoms with E-state index < -0.39 is 11.9 Å². The minimum Gasteiger partial charge on any atom is -0.451 e. The van der Waals surface area contributed by atoms with Gasteiger partial charge in [-0.2, -0.15) is 10.2 Å². The zero-order valence-corrected chi connectivity index (χ0v) is 16.2. The summed E-state index contributed by atoms with van der Waals surface area (Å²) >= 11 is 1.25. The number of aromatic nitrogens is 1. The number of nitrogens with zero attached hydrogens (tertiary/aromatic N) is 3. The van der Waals surface area contributed by atoms with Crippen LogP contribution in [0.3, 0.4) is 0 Å². The molecule has 28 heavy (non-hydrogen) atoms. The second-order valence-corrected chi connectivity index (χ2v) is 7.06. The lowest BCUT2D eigenvalue weighted by Gasteiger charge is -2.06. The quantitative estimate of drug-likeness (QED) is 0.472. The van der Waals surface area contributed by atoms with Crippen LogP contribution >= 0.6 is 11.3 Å². The van der Waals surface area contributed by atoms with E-state index in [1.807, 2.05) is 37.3 Å². The van der Waals surface area contributed by atoms with Crippen molar-refractivity contribution in [3.63, 3.8) is 0 Å². The molecule has 7 nitrogen and oxygen atoms in total. The van der Waals surface area contributed by atoms with Gasteiger partial charge in [0.15, 0.2) is 6.61 Å². The summed E-state index contributed by atoms with van der Waals surface area (Å²) in [5, 5.41) is 11.7. The molecule has 0 saturated heterocycles. The summed E-state index contributed by atoms with van der Waals surface area (Å²) < 4.78 is 5.05. The monoisotopic (exact) mass is 394 g/mol. The van der Waals surface area contributed by atoms with Crippen LogP contribution in [-0.4, -0.2) is 23.5 Å². The van der Waals surface area contributed by atoms with E-state index in [0.29, 0.717) is 21.9 Å². The van der Waals surface area contributed by atoms with Crippen LogP contribution in [0.4, 0.5) is 17.1 Å². The Morgan fingerprint density at radius 1 is 1.00 bits per heavy atom. The Balaban J connectivity index is 1.51. The van der Waals surface area contributed by atoms with Crippen LogP contribution in [0.5, 0.6) is 0 Å². The first-order chi connectivity index (χ1) is 13.5. The van der Waals surface area contributed by atoms with Crippen LogP contribution < -0.4 is 5.32 Å². The van der Waals surface area contributed by atoms with Gasteiger partial charge in [-0.3, -0.25) is 4.79 Å². The Morgan fingerprint density at radius 3 is 2.25 bits per heavy atom. The number of carbonyl (C=O) groups is 2. The summed E-state index contributed by atoms with van der Waals surface area (Å²) in [6.07, 6.45) is 0. The minimum absolute atomic E-state index is 0.370. The summed E-state index contributed by atoms with van der Waals surface area (Å²) in [7, 11) is 0. The molecule has 1 N–H and O–H groups in total. The van der Waals surface area contributed by atoms with E-state index in [-0.39, 0.29) is 6.61 Å². The number of nitrogens with one attached hydrogen (secondary N) is 1. The molecule has 0 spiro atoms. The van der Waals surface area contributed by atoms with Gasteiger partial charge in [-0.15, -0.1) is 11.3 Å². The van der Waals surface area contributed by atoms with Crippen molar-refractivity contribution in [2.24, 2.45) is 10.2 Å². The maximum absolute atomic E-state index is 12.0. The van der Waals surface area contributed by atoms with Crippen LogP contribution in [-0.2, 0) is 9.53 Å². The molecule has 2 aromatic carbocycles. The number of hydrogen-bond acceptors (Lipinski definition) is 7. The van der Waals surface area contributed by atoms with Crippen LogP contribution in [0.25, 0.3) is 0 Å². The third kappa shape index (κ3) is 5.31. The first-order valence-corrected chi connectivity index (χ1v) is 9.31. The number of thiazole rings is 1. The number of aryl methyl sites for hydroxylation is 2. The van der Waals surface area contributed by atoms with Crippen LogP contribution in [0.15, 0.2) is 64.8 Å². The average molecular weight is 394 g/mol. The molecule has 0 aliphatic carbocycles. The first kappa shape index (κ1) is 19.4. The van der Waals surface area contributed by atoms with Gasteiger partial charge in [0.05, 0.1) is 22.1 Å². The number of hydrogen-bond donors (Lipinski definition) is 1. The molecule has 8 heteroatoms. The van der Waals surface area contributed by atoms with E-state index in [0.717, 1.165) is 10.7 Å². The van der Waals surface area contributed by atoms with Crippen molar-refractivity contribution in [1.29, 1.82) is 0 Å². The summed E-state index contributed by atoms with van der Waals surface area (Å²) in [5.41, 5.74) is 2.59. The Bertz CT molecular complexity index is 998. The molecule has 3 rings (SSSR count). The maximum Gasteiger partial charge on any atom is 0.350 e. The minimum atomic E-state index is -0.546. The third-order valence-corrected chi connectivity index (χ3v) is 4.66. The molecule has 1 amide bonds. The van der Waals surface area contributed by atoms with E-state index in [1.54, 1.807) is 31.2 Å². The normalized spacial score (nSPS) is 10.8. The van der Waals surface area contributed by atoms with Gasteiger partial charge in [-0.25, -0.2) is 9.78 Å². The molecule has 0 fully saturated rings. The van der Waals surface area contributed by atoms with Crippen molar-refractivity contribution < 1.29 is 14.3 Å². The van der Waals surface area contributed by atoms with Crippen LogP contribution in [0, 0.1) is 13.8 Å². The molecule has 0 saturated carbocycles. The third-order valence-electron chi connectivity index (χ3n) is 3.61. The van der Waals surface area contributed by atoms with Crippen molar-refractivity contribution >= 4 is 40.3 Å². The highest BCUT2D eigenvalue weighted by atomic mass is 32.1. The van der Waals surface area contributed by atoms with Gasteiger partial charge in [-0.05, 0) is 50.2 Å². The van der Waals surface area contributed by atoms with Crippen molar-refractivity contribution in [2.45, 2.75) is 13.8 Å². The van der Waals surface area contributed by atoms with Crippen LogP contribution in [0.1, 0.15) is 20.4 Å². The number of ether oxygens (including phenoxy) is 1. The van der Waals surface area contributed by atoms with Gasteiger partial charge in [0, 0.05) is 5.69 Å². The van der Waals surface area contributed by atoms with E-state index in [9.17, 15) is 9.59 Å². The highest BCUT2D eigenvalue weighted by Gasteiger charge is 2.16. The topological polar surface area (TPSA) is 93.0 Å². The fourth-order valence-electron chi connectivity index (χ4n) is 2.34. The molecule has 0 bridgehead atoms. The Kier molecular flexibility index (Phi) is 6.23. The van der Waals surface area contributed by atoms with Gasteiger partial charge < -0.3 is 10.1 Å². The van der Waals surface area contributed by atoms with E-state index in [2.05, 4.69) is 20.5 Å². The molecule has 0 radical (unpaired) electrons. The molecule has 1 aromatic heterocycles. The molecule has 0 aliphatic rings. The fraction of sp³-hybridized carbons (Fsp3) is 0.150. The number of rotatable bonds is 6. The van der Waals surface area contributed by atoms with Gasteiger partial charge in [0.1, 0.15) is 4.88 Å². The maximum atomic E-state index is 12.0. The first-order valence-electron chi connectivity index (χ1n) is 8.49. The van der Waals surface area contributed by atoms with E-state index in [1.165, 1.54) is 11.3 Å². The summed E-state index contributed by atoms with van der Waals surface area (Å²) in [6.45, 7) is 3.17. The molecule has 0 unspecified atom stereocenters. The van der Waals surface area contributed by atoms with Crippen molar-refractivity contribution in [3.05, 3.63) is 70.2 Å². The summed E-state index contributed by atoms with van der Waals surface area (Å²) in [6, 6.07) is 16.3. The average Bonchev–Trinajstić information content (AvgIpc) is 3.04. The number of benzene rings is 2. The number of amides is 1. The lowest BCUT2D eigenvalue weighted by molar-refractivity contribution is -0.119. The second-order valence-electron chi connectivity index (χ2n) is 5.85. The van der Waals surface area contributed by atoms with Crippen molar-refractivity contribution in [3.8, 4) is 0 Å². The lowest BCUT2D eigenvalue weighted by atomic mass is 10.3. The molecule has 0 aliphatic heterocycles. The Labute approximate surface area is 166 Å². The fourth-order valence-corrected chi connectivity index (χ4v) is 3.15. The standard InChI is InChI=1S/C20H18N4O3S/c1-13-19(28-14(2)21-13)20(26)27-12-18(25)22-15-8-10-17(11-9-15)24-23-16-6-4-3-5-7-16/h3-11H,12H2,1-2H3,(H,22,25). The van der Waals surface area contributed by atoms with Gasteiger partial charge in [0.2, 0.25) is 0 Å². The summed E-state index contributed by atoms with van der Waals surface area (Å²) in [5.74, 6) is -0.971. The lowest BCUT2D eigenvalue weighted by Crippen LogP contribution is -2.20. The number of azo groups is 1. The zero-order chi connectivity index (χ0) is 19.9. The summed E-state index contributed by atoms with van der Waals surface area (Å²) in [4.78, 5) is 28.6. The van der Waals surface area contributed by atoms with Crippen molar-refractivity contribution in [2.75, 3.05) is 11.9 Å². The zero-order valence-electron chi connectivity index (χ0n) is 15.4. The number of anilines is 1. The predicted molar refractivity (Wildman–Crippen MR) is 108 cm³/mol. The second kappa shape index (κ2) is 9.01. The Morgan fingerprint density at radius 2 is 1.64 bits per heavy atom. The predicted octanol–water partition coefficient (Wildman–Crippen LogP) is 4.97. The smallest absolute Gasteiger partial charge is 0.350 e. The Hall–Kier alpha value is -3.39. The highest BCUT2D eigenvalue weighted by molar-refractivity contribution is 7.13. The van der Waals surface area contributed by atoms with Crippen LogP contribution in [0.2, 0.25) is 0 Å². The number of esters is 1. The van der Waals surface area contributed by atoms with E-state index >= 15 is 0 Å². The van der Waals surface area contributed by atoms with E-state index in [4.69, 9.17) is 4.74 Å². The van der Waals surface area contributed by atoms with Crippen molar-refractivity contribution in [1.82, 2.24) is 4.98 Å². The van der Waals surface area contributed by atoms with Gasteiger partial charge in [0.25, 0.3) is 5.91 Å². The molecular weight excluding hydrogens is 376 g/mol. The number of carbonyl (C=O) groups excluding carboxylic acids is 2.